The molecule has 1 aromatic carbocycles. The number of rotatable bonds is 6. The van der Waals surface area contributed by atoms with E-state index in [0.717, 1.165) is 17.7 Å². The van der Waals surface area contributed by atoms with E-state index < -0.39 is 0 Å². The van der Waals surface area contributed by atoms with Crippen molar-refractivity contribution in [3.8, 4) is 5.75 Å². The molecule has 3 heteroatoms. The average Bonchev–Trinajstić information content (AvgIpc) is 2.35. The second-order valence-electron chi connectivity index (χ2n) is 3.95. The Bertz CT molecular complexity index is 315. The van der Waals surface area contributed by atoms with E-state index in [-0.39, 0.29) is 12.6 Å². The molecule has 0 amide bonds. The van der Waals surface area contributed by atoms with Crippen LogP contribution in [0.25, 0.3) is 0 Å². The molecule has 1 rings (SSSR count). The fourth-order valence-electron chi connectivity index (χ4n) is 1.66. The van der Waals surface area contributed by atoms with Crippen molar-refractivity contribution in [3.05, 3.63) is 29.8 Å². The molecule has 0 fully saturated rings. The summed E-state index contributed by atoms with van der Waals surface area (Å²) in [5.41, 5.74) is 1.01. The van der Waals surface area contributed by atoms with Crippen molar-refractivity contribution in [2.45, 2.75) is 32.4 Å². The molecule has 0 saturated carbocycles. The van der Waals surface area contributed by atoms with E-state index >= 15 is 0 Å². The van der Waals surface area contributed by atoms with Crippen molar-refractivity contribution in [1.29, 1.82) is 0 Å². The topological polar surface area (TPSA) is 41.5 Å². The molecule has 1 aromatic rings. The maximum absolute atomic E-state index is 9.43. The Hall–Kier alpha value is -1.06. The number of ether oxygens (including phenoxy) is 1. The first-order valence-corrected chi connectivity index (χ1v) is 5.72. The lowest BCUT2D eigenvalue weighted by atomic mass is 10.0. The molecule has 0 aromatic heterocycles. The minimum Gasteiger partial charge on any atom is -0.496 e. The molecule has 0 spiro atoms. The van der Waals surface area contributed by atoms with Crippen LogP contribution in [-0.2, 0) is 0 Å². The first kappa shape index (κ1) is 13.0. The summed E-state index contributed by atoms with van der Waals surface area (Å²) in [6.07, 6.45) is 1.03. The SMILES string of the molecule is CCC(C)NC(CO)c1ccccc1OC. The summed E-state index contributed by atoms with van der Waals surface area (Å²) in [6.45, 7) is 4.30. The number of methoxy groups -OCH3 is 1. The van der Waals surface area contributed by atoms with Crippen LogP contribution in [0.15, 0.2) is 24.3 Å². The van der Waals surface area contributed by atoms with Crippen LogP contribution in [0, 0.1) is 0 Å². The van der Waals surface area contributed by atoms with Crippen LogP contribution in [0.3, 0.4) is 0 Å². The van der Waals surface area contributed by atoms with Gasteiger partial charge in [0.1, 0.15) is 5.75 Å². The van der Waals surface area contributed by atoms with Gasteiger partial charge in [0, 0.05) is 11.6 Å². The van der Waals surface area contributed by atoms with Gasteiger partial charge in [-0.05, 0) is 19.4 Å². The van der Waals surface area contributed by atoms with Gasteiger partial charge in [-0.15, -0.1) is 0 Å². The maximum atomic E-state index is 9.43. The number of benzene rings is 1. The highest BCUT2D eigenvalue weighted by molar-refractivity contribution is 5.36. The molecule has 3 nitrogen and oxygen atoms in total. The number of hydrogen-bond acceptors (Lipinski definition) is 3. The van der Waals surface area contributed by atoms with Crippen molar-refractivity contribution >= 4 is 0 Å². The predicted octanol–water partition coefficient (Wildman–Crippen LogP) is 2.12. The minimum absolute atomic E-state index is 0.0638. The Balaban J connectivity index is 2.85. The third kappa shape index (κ3) is 3.22. The molecule has 0 aliphatic rings. The fourth-order valence-corrected chi connectivity index (χ4v) is 1.66. The molecule has 2 atom stereocenters. The summed E-state index contributed by atoms with van der Waals surface area (Å²) in [5.74, 6) is 0.817. The minimum atomic E-state index is -0.0638. The van der Waals surface area contributed by atoms with E-state index in [2.05, 4.69) is 19.2 Å². The first-order valence-electron chi connectivity index (χ1n) is 5.72. The lowest BCUT2D eigenvalue weighted by Gasteiger charge is -2.22. The van der Waals surface area contributed by atoms with E-state index in [0.29, 0.717) is 6.04 Å². The standard InChI is InChI=1S/C13H21NO2/c1-4-10(2)14-12(9-15)11-7-5-6-8-13(11)16-3/h5-8,10,12,14-15H,4,9H2,1-3H3. The van der Waals surface area contributed by atoms with Gasteiger partial charge in [0.15, 0.2) is 0 Å². The molecule has 0 aliphatic carbocycles. The van der Waals surface area contributed by atoms with E-state index in [1.165, 1.54) is 0 Å². The summed E-state index contributed by atoms with van der Waals surface area (Å²) < 4.78 is 5.29. The summed E-state index contributed by atoms with van der Waals surface area (Å²) in [5, 5.41) is 12.8. The molecular weight excluding hydrogens is 202 g/mol. The number of nitrogens with one attached hydrogen (secondary N) is 1. The van der Waals surface area contributed by atoms with Gasteiger partial charge in [0.05, 0.1) is 19.8 Å². The second kappa shape index (κ2) is 6.51. The summed E-state index contributed by atoms with van der Waals surface area (Å²) >= 11 is 0. The zero-order chi connectivity index (χ0) is 12.0. The van der Waals surface area contributed by atoms with E-state index in [1.54, 1.807) is 7.11 Å². The van der Waals surface area contributed by atoms with Crippen molar-refractivity contribution in [2.24, 2.45) is 0 Å². The highest BCUT2D eigenvalue weighted by Gasteiger charge is 2.16. The van der Waals surface area contributed by atoms with Crippen molar-refractivity contribution < 1.29 is 9.84 Å². The maximum Gasteiger partial charge on any atom is 0.123 e. The van der Waals surface area contributed by atoms with E-state index in [1.807, 2.05) is 24.3 Å². The molecule has 0 aliphatic heterocycles. The summed E-state index contributed by atoms with van der Waals surface area (Å²) in [6, 6.07) is 8.10. The number of aliphatic hydroxyl groups is 1. The van der Waals surface area contributed by atoms with Crippen LogP contribution in [0.1, 0.15) is 31.9 Å². The highest BCUT2D eigenvalue weighted by atomic mass is 16.5. The quantitative estimate of drug-likeness (QED) is 0.776. The van der Waals surface area contributed by atoms with Crippen LogP contribution < -0.4 is 10.1 Å². The van der Waals surface area contributed by atoms with Crippen LogP contribution in [0.2, 0.25) is 0 Å². The highest BCUT2D eigenvalue weighted by Crippen LogP contribution is 2.24. The lowest BCUT2D eigenvalue weighted by Crippen LogP contribution is -2.32. The predicted molar refractivity (Wildman–Crippen MR) is 65.7 cm³/mol. The largest absolute Gasteiger partial charge is 0.496 e. The van der Waals surface area contributed by atoms with Crippen LogP contribution in [-0.4, -0.2) is 24.9 Å². The molecule has 16 heavy (non-hydrogen) atoms. The average molecular weight is 223 g/mol. The van der Waals surface area contributed by atoms with Gasteiger partial charge in [-0.2, -0.15) is 0 Å². The molecule has 0 radical (unpaired) electrons. The van der Waals surface area contributed by atoms with Crippen molar-refractivity contribution in [3.63, 3.8) is 0 Å². The first-order chi connectivity index (χ1) is 7.72. The molecular formula is C13H21NO2. The normalized spacial score (nSPS) is 14.5. The molecule has 2 unspecified atom stereocenters. The van der Waals surface area contributed by atoms with E-state index in [4.69, 9.17) is 4.74 Å². The Morgan fingerprint density at radius 1 is 1.38 bits per heavy atom. The summed E-state index contributed by atoms with van der Waals surface area (Å²) in [7, 11) is 1.65. The van der Waals surface area contributed by atoms with Gasteiger partial charge in [-0.25, -0.2) is 0 Å². The zero-order valence-electron chi connectivity index (χ0n) is 10.2. The number of hydrogen-bond donors (Lipinski definition) is 2. The fraction of sp³-hybridized carbons (Fsp3) is 0.538. The molecule has 2 N–H and O–H groups in total. The lowest BCUT2D eigenvalue weighted by molar-refractivity contribution is 0.231. The molecule has 90 valence electrons. The van der Waals surface area contributed by atoms with Gasteiger partial charge in [-0.3, -0.25) is 0 Å². The van der Waals surface area contributed by atoms with Gasteiger partial charge in [0.2, 0.25) is 0 Å². The molecule has 0 heterocycles. The second-order valence-corrected chi connectivity index (χ2v) is 3.95. The summed E-state index contributed by atoms with van der Waals surface area (Å²) in [4.78, 5) is 0. The zero-order valence-corrected chi connectivity index (χ0v) is 10.2. The monoisotopic (exact) mass is 223 g/mol. The van der Waals surface area contributed by atoms with Crippen LogP contribution in [0.5, 0.6) is 5.75 Å². The van der Waals surface area contributed by atoms with E-state index in [9.17, 15) is 5.11 Å². The van der Waals surface area contributed by atoms with Crippen LogP contribution in [0.4, 0.5) is 0 Å². The Morgan fingerprint density at radius 3 is 2.62 bits per heavy atom. The third-order valence-electron chi connectivity index (χ3n) is 2.79. The Kier molecular flexibility index (Phi) is 5.29. The van der Waals surface area contributed by atoms with Gasteiger partial charge < -0.3 is 15.2 Å². The molecule has 0 saturated heterocycles. The Morgan fingerprint density at radius 2 is 2.06 bits per heavy atom. The van der Waals surface area contributed by atoms with Crippen LogP contribution >= 0.6 is 0 Å². The van der Waals surface area contributed by atoms with Crippen molar-refractivity contribution in [1.82, 2.24) is 5.32 Å². The smallest absolute Gasteiger partial charge is 0.123 e. The van der Waals surface area contributed by atoms with Crippen molar-refractivity contribution in [2.75, 3.05) is 13.7 Å². The van der Waals surface area contributed by atoms with Gasteiger partial charge in [-0.1, -0.05) is 25.1 Å². The van der Waals surface area contributed by atoms with Gasteiger partial charge >= 0.3 is 0 Å². The third-order valence-corrected chi connectivity index (χ3v) is 2.79. The Labute approximate surface area is 97.4 Å². The molecule has 0 bridgehead atoms. The number of para-hydroxylation sites is 1. The van der Waals surface area contributed by atoms with Gasteiger partial charge in [0.25, 0.3) is 0 Å². The number of aliphatic hydroxyl groups excluding tert-OH is 1.